The molecule has 0 heterocycles. The van der Waals surface area contributed by atoms with Crippen LogP contribution in [0.1, 0.15) is 27.2 Å². The Morgan fingerprint density at radius 2 is 2.17 bits per heavy atom. The molecule has 0 aliphatic carbocycles. The molecule has 0 fully saturated rings. The minimum Gasteiger partial charge on any atom is -0.432 e. The summed E-state index contributed by atoms with van der Waals surface area (Å²) in [6.07, 6.45) is 3.70. The highest BCUT2D eigenvalue weighted by molar-refractivity contribution is 5.88. The van der Waals surface area contributed by atoms with Gasteiger partial charge in [0.25, 0.3) is 0 Å². The van der Waals surface area contributed by atoms with Crippen LogP contribution in [0.4, 0.5) is 0 Å². The van der Waals surface area contributed by atoms with Gasteiger partial charge in [0.1, 0.15) is 0 Å². The van der Waals surface area contributed by atoms with Crippen LogP contribution in [0, 0.1) is 5.92 Å². The smallest absolute Gasteiger partial charge is 0.338 e. The van der Waals surface area contributed by atoms with Gasteiger partial charge >= 0.3 is 5.97 Å². The van der Waals surface area contributed by atoms with Crippen molar-refractivity contribution in [2.45, 2.75) is 27.2 Å². The Bertz CT molecular complexity index is 190. The average molecular weight is 168 g/mol. The third kappa shape index (κ3) is 3.96. The Balaban J connectivity index is 4.16. The number of carbonyl (C=O) groups excluding carboxylic acids is 1. The lowest BCUT2D eigenvalue weighted by Gasteiger charge is -2.06. The van der Waals surface area contributed by atoms with Gasteiger partial charge in [0.2, 0.25) is 0 Å². The monoisotopic (exact) mass is 168 g/mol. The van der Waals surface area contributed by atoms with E-state index in [4.69, 9.17) is 0 Å². The maximum absolute atomic E-state index is 11.1. The van der Waals surface area contributed by atoms with E-state index in [2.05, 4.69) is 25.2 Å². The van der Waals surface area contributed by atoms with Crippen LogP contribution in [0.15, 0.2) is 24.5 Å². The second-order valence-electron chi connectivity index (χ2n) is 2.98. The van der Waals surface area contributed by atoms with Crippen LogP contribution in [-0.4, -0.2) is 5.97 Å². The van der Waals surface area contributed by atoms with Crippen molar-refractivity contribution in [2.75, 3.05) is 0 Å². The normalized spacial score (nSPS) is 11.5. The Hall–Kier alpha value is -1.05. The molecule has 0 spiro atoms. The van der Waals surface area contributed by atoms with Crippen LogP contribution in [-0.2, 0) is 9.53 Å². The molecule has 0 amide bonds. The first kappa shape index (κ1) is 11.0. The number of carbonyl (C=O) groups is 1. The molecule has 0 bridgehead atoms. The zero-order valence-electron chi connectivity index (χ0n) is 7.96. The fourth-order valence-electron chi connectivity index (χ4n) is 0.910. The first-order valence-corrected chi connectivity index (χ1v) is 4.08. The average Bonchev–Trinajstić information content (AvgIpc) is 2.00. The largest absolute Gasteiger partial charge is 0.432 e. The lowest BCUT2D eigenvalue weighted by Crippen LogP contribution is -2.06. The minimum absolute atomic E-state index is 0.291. The van der Waals surface area contributed by atoms with E-state index >= 15 is 0 Å². The van der Waals surface area contributed by atoms with Crippen LogP contribution < -0.4 is 0 Å². The van der Waals surface area contributed by atoms with E-state index in [1.807, 2.05) is 6.92 Å². The summed E-state index contributed by atoms with van der Waals surface area (Å²) in [5, 5.41) is 0. The van der Waals surface area contributed by atoms with Gasteiger partial charge in [-0.3, -0.25) is 0 Å². The maximum Gasteiger partial charge on any atom is 0.338 e. The fourth-order valence-corrected chi connectivity index (χ4v) is 0.910. The predicted molar refractivity (Wildman–Crippen MR) is 49.5 cm³/mol. The van der Waals surface area contributed by atoms with Crippen molar-refractivity contribution in [1.29, 1.82) is 0 Å². The van der Waals surface area contributed by atoms with E-state index in [9.17, 15) is 4.79 Å². The number of hydrogen-bond acceptors (Lipinski definition) is 2. The highest BCUT2D eigenvalue weighted by Crippen LogP contribution is 2.11. The molecule has 0 rings (SSSR count). The molecular weight excluding hydrogens is 152 g/mol. The van der Waals surface area contributed by atoms with Crippen molar-refractivity contribution in [2.24, 2.45) is 5.92 Å². The van der Waals surface area contributed by atoms with Crippen LogP contribution in [0.3, 0.4) is 0 Å². The van der Waals surface area contributed by atoms with Gasteiger partial charge in [-0.05, 0) is 19.3 Å². The molecule has 0 radical (unpaired) electrons. The molecule has 0 unspecified atom stereocenters. The van der Waals surface area contributed by atoms with Crippen molar-refractivity contribution in [3.63, 3.8) is 0 Å². The van der Waals surface area contributed by atoms with E-state index in [1.165, 1.54) is 0 Å². The van der Waals surface area contributed by atoms with Crippen LogP contribution in [0.5, 0.6) is 0 Å². The number of ether oxygens (including phenoxy) is 1. The summed E-state index contributed by atoms with van der Waals surface area (Å²) >= 11 is 0. The van der Waals surface area contributed by atoms with Crippen molar-refractivity contribution in [3.8, 4) is 0 Å². The number of allylic oxidation sites excluding steroid dienone is 1. The summed E-state index contributed by atoms with van der Waals surface area (Å²) in [5.74, 6) is 0.176. The zero-order chi connectivity index (χ0) is 9.56. The van der Waals surface area contributed by atoms with E-state index in [1.54, 1.807) is 6.08 Å². The van der Waals surface area contributed by atoms with Gasteiger partial charge in [0, 0.05) is 5.57 Å². The molecule has 12 heavy (non-hydrogen) atoms. The molecule has 0 saturated heterocycles. The standard InChI is InChI=1S/C10H16O2/c1-5-9(7-8(3)4)10(11)12-6-2/h5-6,8H,2,7H2,1,3-4H3. The third-order valence-corrected chi connectivity index (χ3v) is 1.43. The first-order valence-electron chi connectivity index (χ1n) is 4.08. The van der Waals surface area contributed by atoms with Gasteiger partial charge in [-0.15, -0.1) is 0 Å². The Morgan fingerprint density at radius 3 is 2.50 bits per heavy atom. The molecule has 0 atom stereocenters. The van der Waals surface area contributed by atoms with Crippen molar-refractivity contribution < 1.29 is 9.53 Å². The van der Waals surface area contributed by atoms with Gasteiger partial charge < -0.3 is 4.74 Å². The molecule has 68 valence electrons. The molecule has 0 aliphatic rings. The Labute approximate surface area is 73.9 Å². The second-order valence-corrected chi connectivity index (χ2v) is 2.98. The van der Waals surface area contributed by atoms with Gasteiger partial charge in [0.05, 0.1) is 6.26 Å². The zero-order valence-corrected chi connectivity index (χ0v) is 7.96. The molecule has 2 heteroatoms. The topological polar surface area (TPSA) is 26.3 Å². The molecule has 0 aromatic rings. The predicted octanol–water partition coefficient (Wildman–Crippen LogP) is 2.67. The van der Waals surface area contributed by atoms with Crippen LogP contribution >= 0.6 is 0 Å². The highest BCUT2D eigenvalue weighted by atomic mass is 16.5. The van der Waals surface area contributed by atoms with Crippen LogP contribution in [0.25, 0.3) is 0 Å². The lowest BCUT2D eigenvalue weighted by molar-refractivity contribution is -0.133. The molecular formula is C10H16O2. The minimum atomic E-state index is -0.291. The molecule has 0 aromatic heterocycles. The summed E-state index contributed by atoms with van der Waals surface area (Å²) in [5.41, 5.74) is 0.713. The van der Waals surface area contributed by atoms with Crippen molar-refractivity contribution in [3.05, 3.63) is 24.5 Å². The van der Waals surface area contributed by atoms with Gasteiger partial charge in [0.15, 0.2) is 0 Å². The summed E-state index contributed by atoms with van der Waals surface area (Å²) in [4.78, 5) is 11.1. The second kappa shape index (κ2) is 5.58. The van der Waals surface area contributed by atoms with Gasteiger partial charge in [-0.25, -0.2) is 4.79 Å². The SMILES string of the molecule is C=COC(=O)C(=CC)CC(C)C. The van der Waals surface area contributed by atoms with Crippen molar-refractivity contribution >= 4 is 5.97 Å². The quantitative estimate of drug-likeness (QED) is 0.366. The third-order valence-electron chi connectivity index (χ3n) is 1.43. The van der Waals surface area contributed by atoms with E-state index in [-0.39, 0.29) is 5.97 Å². The molecule has 2 nitrogen and oxygen atoms in total. The highest BCUT2D eigenvalue weighted by Gasteiger charge is 2.09. The van der Waals surface area contributed by atoms with E-state index in [0.717, 1.165) is 12.7 Å². The first-order chi connectivity index (χ1) is 5.61. The fraction of sp³-hybridized carbons (Fsp3) is 0.500. The number of hydrogen-bond donors (Lipinski definition) is 0. The molecule has 0 aliphatic heterocycles. The molecule has 0 aromatic carbocycles. The van der Waals surface area contributed by atoms with E-state index < -0.39 is 0 Å². The summed E-state index contributed by atoms with van der Waals surface area (Å²) in [7, 11) is 0. The van der Waals surface area contributed by atoms with Crippen LogP contribution in [0.2, 0.25) is 0 Å². The maximum atomic E-state index is 11.1. The summed E-state index contributed by atoms with van der Waals surface area (Å²) in [6.45, 7) is 9.28. The molecule has 0 N–H and O–H groups in total. The van der Waals surface area contributed by atoms with Gasteiger partial charge in [-0.1, -0.05) is 26.5 Å². The summed E-state index contributed by atoms with van der Waals surface area (Å²) in [6, 6.07) is 0. The van der Waals surface area contributed by atoms with Crippen molar-refractivity contribution in [1.82, 2.24) is 0 Å². The number of rotatable bonds is 4. The Morgan fingerprint density at radius 1 is 1.58 bits per heavy atom. The van der Waals surface area contributed by atoms with E-state index in [0.29, 0.717) is 11.5 Å². The molecule has 0 saturated carbocycles. The number of esters is 1. The lowest BCUT2D eigenvalue weighted by atomic mass is 10.0. The summed E-state index contributed by atoms with van der Waals surface area (Å²) < 4.78 is 4.65. The van der Waals surface area contributed by atoms with Gasteiger partial charge in [-0.2, -0.15) is 0 Å². The Kier molecular flexibility index (Phi) is 5.09.